The molecule has 2 aliphatic heterocycles. The standard InChI is InChI=1S/C33H44N4O5S/c1-3-17-37(32(39)21-26-11-13-30(14-12-26)43(41,42)34-2)29-15-18-35(19-16-29)22-28-23-36(31(38)20-25-9-10-25)24-33(28,40)27-7-5-4-6-8-27/h3-8,11-14,25,28-29,34,40H,1,9-10,15-24H2,2H3/t28-,33-/m0/s1. The number of hydrogen-bond donors (Lipinski definition) is 2. The van der Waals surface area contributed by atoms with E-state index in [-0.39, 0.29) is 35.1 Å². The summed E-state index contributed by atoms with van der Waals surface area (Å²) in [7, 11) is -2.16. The second-order valence-electron chi connectivity index (χ2n) is 12.3. The van der Waals surface area contributed by atoms with Gasteiger partial charge in [-0.05, 0) is 61.9 Å². The molecule has 3 fully saturated rings. The smallest absolute Gasteiger partial charge is 0.240 e. The van der Waals surface area contributed by atoms with Crippen LogP contribution in [0.25, 0.3) is 0 Å². The Kier molecular flexibility index (Phi) is 9.70. The molecule has 232 valence electrons. The Labute approximate surface area is 255 Å². The van der Waals surface area contributed by atoms with Crippen LogP contribution < -0.4 is 4.72 Å². The van der Waals surface area contributed by atoms with E-state index >= 15 is 0 Å². The summed E-state index contributed by atoms with van der Waals surface area (Å²) in [6, 6.07) is 16.2. The van der Waals surface area contributed by atoms with Gasteiger partial charge in [0.2, 0.25) is 21.8 Å². The number of hydrogen-bond acceptors (Lipinski definition) is 6. The van der Waals surface area contributed by atoms with Crippen molar-refractivity contribution in [3.8, 4) is 0 Å². The number of sulfonamides is 1. The van der Waals surface area contributed by atoms with Gasteiger partial charge >= 0.3 is 0 Å². The Morgan fingerprint density at radius 3 is 2.35 bits per heavy atom. The molecule has 0 spiro atoms. The maximum atomic E-state index is 13.4. The number of piperidine rings is 1. The molecule has 10 heteroatoms. The first kappa shape index (κ1) is 31.4. The average molecular weight is 609 g/mol. The fraction of sp³-hybridized carbons (Fsp3) is 0.515. The van der Waals surface area contributed by atoms with E-state index in [0.717, 1.165) is 49.9 Å². The Balaban J connectivity index is 1.20. The molecule has 0 aromatic heterocycles. The molecule has 9 nitrogen and oxygen atoms in total. The van der Waals surface area contributed by atoms with Crippen LogP contribution in [0.3, 0.4) is 0 Å². The minimum Gasteiger partial charge on any atom is -0.383 e. The Hall–Kier alpha value is -3.05. The van der Waals surface area contributed by atoms with E-state index in [1.807, 2.05) is 40.1 Å². The summed E-state index contributed by atoms with van der Waals surface area (Å²) in [5.74, 6) is 0.539. The molecule has 0 bridgehead atoms. The maximum absolute atomic E-state index is 13.4. The zero-order valence-corrected chi connectivity index (χ0v) is 25.8. The van der Waals surface area contributed by atoms with Crippen LogP contribution in [-0.4, -0.2) is 92.4 Å². The molecule has 1 saturated carbocycles. The first-order valence-corrected chi connectivity index (χ1v) is 16.8. The fourth-order valence-corrected chi connectivity index (χ4v) is 7.28. The van der Waals surface area contributed by atoms with Gasteiger partial charge in [-0.1, -0.05) is 48.5 Å². The summed E-state index contributed by atoms with van der Waals surface area (Å²) in [5.41, 5.74) is 0.522. The van der Waals surface area contributed by atoms with E-state index in [1.54, 1.807) is 18.2 Å². The zero-order chi connectivity index (χ0) is 30.6. The third kappa shape index (κ3) is 7.37. The fourth-order valence-electron chi connectivity index (χ4n) is 6.55. The summed E-state index contributed by atoms with van der Waals surface area (Å²) in [6.07, 6.45) is 6.37. The van der Waals surface area contributed by atoms with Gasteiger partial charge < -0.3 is 19.8 Å². The molecule has 0 radical (unpaired) electrons. The summed E-state index contributed by atoms with van der Waals surface area (Å²) in [5, 5.41) is 12.0. The van der Waals surface area contributed by atoms with E-state index in [2.05, 4.69) is 16.2 Å². The minimum absolute atomic E-state index is 0.0124. The summed E-state index contributed by atoms with van der Waals surface area (Å²) < 4.78 is 26.4. The topological polar surface area (TPSA) is 110 Å². The quantitative estimate of drug-likeness (QED) is 0.359. The van der Waals surface area contributed by atoms with Gasteiger partial charge in [-0.2, -0.15) is 0 Å². The van der Waals surface area contributed by atoms with Crippen molar-refractivity contribution in [1.82, 2.24) is 19.4 Å². The second-order valence-corrected chi connectivity index (χ2v) is 14.2. The average Bonchev–Trinajstić information content (AvgIpc) is 3.77. The van der Waals surface area contributed by atoms with Crippen molar-refractivity contribution < 1.29 is 23.1 Å². The van der Waals surface area contributed by atoms with Gasteiger partial charge in [0.05, 0.1) is 17.9 Å². The van der Waals surface area contributed by atoms with Gasteiger partial charge in [-0.3, -0.25) is 9.59 Å². The van der Waals surface area contributed by atoms with E-state index < -0.39 is 15.6 Å². The van der Waals surface area contributed by atoms with Gasteiger partial charge in [-0.25, -0.2) is 13.1 Å². The van der Waals surface area contributed by atoms with Crippen molar-refractivity contribution in [1.29, 1.82) is 0 Å². The van der Waals surface area contributed by atoms with Crippen LogP contribution in [0.15, 0.2) is 72.1 Å². The predicted octanol–water partition coefficient (Wildman–Crippen LogP) is 2.76. The van der Waals surface area contributed by atoms with Crippen molar-refractivity contribution in [2.75, 3.05) is 46.3 Å². The molecule has 5 rings (SSSR count). The molecule has 2 aromatic carbocycles. The van der Waals surface area contributed by atoms with E-state index in [4.69, 9.17) is 0 Å². The number of nitrogens with zero attached hydrogens (tertiary/aromatic N) is 3. The van der Waals surface area contributed by atoms with Gasteiger partial charge in [0.25, 0.3) is 0 Å². The molecule has 2 amide bonds. The van der Waals surface area contributed by atoms with Crippen LogP contribution in [-0.2, 0) is 31.6 Å². The lowest BCUT2D eigenvalue weighted by atomic mass is 9.83. The van der Waals surface area contributed by atoms with Crippen LogP contribution >= 0.6 is 0 Å². The highest BCUT2D eigenvalue weighted by molar-refractivity contribution is 7.89. The number of carbonyl (C=O) groups excluding carboxylic acids is 2. The second kappa shape index (κ2) is 13.3. The monoisotopic (exact) mass is 608 g/mol. The number of benzene rings is 2. The largest absolute Gasteiger partial charge is 0.383 e. The SMILES string of the molecule is C=CCN(C(=O)Cc1ccc(S(=O)(=O)NC)cc1)C1CCN(C[C@H]2CN(C(=O)CC3CC3)C[C@]2(O)c2ccccc2)CC1. The molecular formula is C33H44N4O5S. The van der Waals surface area contributed by atoms with Crippen LogP contribution in [0, 0.1) is 11.8 Å². The molecule has 0 unspecified atom stereocenters. The van der Waals surface area contributed by atoms with Gasteiger partial charge in [0.1, 0.15) is 5.60 Å². The van der Waals surface area contributed by atoms with Crippen molar-refractivity contribution >= 4 is 21.8 Å². The van der Waals surface area contributed by atoms with Crippen molar-refractivity contribution in [3.05, 3.63) is 78.4 Å². The first-order valence-electron chi connectivity index (χ1n) is 15.3. The number of rotatable bonds is 12. The first-order chi connectivity index (χ1) is 20.6. The number of carbonyl (C=O) groups is 2. The van der Waals surface area contributed by atoms with Crippen LogP contribution in [0.1, 0.15) is 43.2 Å². The molecule has 2 heterocycles. The molecular weight excluding hydrogens is 564 g/mol. The lowest BCUT2D eigenvalue weighted by molar-refractivity contribution is -0.133. The van der Waals surface area contributed by atoms with Crippen molar-refractivity contribution in [2.24, 2.45) is 11.8 Å². The molecule has 2 atom stereocenters. The third-order valence-corrected chi connectivity index (χ3v) is 10.7. The predicted molar refractivity (Wildman–Crippen MR) is 166 cm³/mol. The molecule has 1 aliphatic carbocycles. The third-order valence-electron chi connectivity index (χ3n) is 9.31. The number of nitrogens with one attached hydrogen (secondary N) is 1. The van der Waals surface area contributed by atoms with Gasteiger partial charge in [0, 0.05) is 51.1 Å². The Morgan fingerprint density at radius 2 is 1.74 bits per heavy atom. The maximum Gasteiger partial charge on any atom is 0.240 e. The van der Waals surface area contributed by atoms with E-state index in [9.17, 15) is 23.1 Å². The number of aliphatic hydroxyl groups is 1. The van der Waals surface area contributed by atoms with Gasteiger partial charge in [-0.15, -0.1) is 6.58 Å². The van der Waals surface area contributed by atoms with E-state index in [1.165, 1.54) is 19.2 Å². The summed E-state index contributed by atoms with van der Waals surface area (Å²) >= 11 is 0. The molecule has 2 saturated heterocycles. The van der Waals surface area contributed by atoms with E-state index in [0.29, 0.717) is 38.5 Å². The molecule has 2 N–H and O–H groups in total. The molecule has 43 heavy (non-hydrogen) atoms. The number of amides is 2. The van der Waals surface area contributed by atoms with Crippen molar-refractivity contribution in [3.63, 3.8) is 0 Å². The molecule has 2 aromatic rings. The highest BCUT2D eigenvalue weighted by Gasteiger charge is 2.49. The summed E-state index contributed by atoms with van der Waals surface area (Å²) in [6.45, 7) is 7.45. The normalized spacial score (nSPS) is 23.3. The Bertz CT molecular complexity index is 1390. The zero-order valence-electron chi connectivity index (χ0n) is 25.0. The minimum atomic E-state index is -3.53. The van der Waals surface area contributed by atoms with Crippen LogP contribution in [0.2, 0.25) is 0 Å². The Morgan fingerprint density at radius 1 is 1.07 bits per heavy atom. The highest BCUT2D eigenvalue weighted by atomic mass is 32.2. The van der Waals surface area contributed by atoms with Crippen LogP contribution in [0.5, 0.6) is 0 Å². The van der Waals surface area contributed by atoms with Crippen LogP contribution in [0.4, 0.5) is 0 Å². The summed E-state index contributed by atoms with van der Waals surface area (Å²) in [4.78, 5) is 32.7. The van der Waals surface area contributed by atoms with Crippen molar-refractivity contribution in [2.45, 2.75) is 55.1 Å². The molecule has 3 aliphatic rings. The number of β-amino-alcohol motifs (C(OH)–C–C–N with tert-alkyl or cyclic N) is 1. The number of likely N-dealkylation sites (tertiary alicyclic amines) is 2. The van der Waals surface area contributed by atoms with Gasteiger partial charge in [0.15, 0.2) is 0 Å². The lowest BCUT2D eigenvalue weighted by Gasteiger charge is -2.40. The highest BCUT2D eigenvalue weighted by Crippen LogP contribution is 2.40. The lowest BCUT2D eigenvalue weighted by Crippen LogP contribution is -2.50.